The highest BCUT2D eigenvalue weighted by atomic mass is 15.0. The Morgan fingerprint density at radius 2 is 1.29 bits per heavy atom. The summed E-state index contributed by atoms with van der Waals surface area (Å²) in [7, 11) is 0. The van der Waals surface area contributed by atoms with Crippen LogP contribution in [0.2, 0.25) is 0 Å². The molecule has 4 nitrogen and oxygen atoms in total. The summed E-state index contributed by atoms with van der Waals surface area (Å²) in [6, 6.07) is 0. The number of aliphatic imine (C=N–C) groups is 2. The van der Waals surface area contributed by atoms with Gasteiger partial charge in [0.05, 0.1) is 17.2 Å². The van der Waals surface area contributed by atoms with E-state index in [2.05, 4.69) is 76.0 Å². The molecule has 0 fully saturated rings. The molecule has 0 saturated heterocycles. The van der Waals surface area contributed by atoms with Gasteiger partial charge in [-0.1, -0.05) is 25.7 Å². The number of amidine groups is 2. The topological polar surface area (TPSA) is 48.8 Å². The molecule has 0 heterocycles. The second-order valence-electron chi connectivity index (χ2n) is 8.76. The highest BCUT2D eigenvalue weighted by Crippen LogP contribution is 2.07. The fraction of sp³-hybridized carbons (Fsp3) is 0.900. The number of nitrogens with zero attached hydrogens (tertiary/aromatic N) is 2. The second kappa shape index (κ2) is 11.5. The standard InChI is InChI=1S/C20H42N4/c1-17(23-19(3,4)5)21-15-13-11-9-10-12-14-16-22-18(2)24-20(6,7)8/h9-16H2,1-8H3,(H,21,23)(H,22,24). The SMILES string of the molecule is CC(=NC(C)(C)C)NCCCCCCCCN=C(C)NC(C)(C)C. The van der Waals surface area contributed by atoms with Crippen LogP contribution < -0.4 is 10.6 Å². The van der Waals surface area contributed by atoms with Crippen molar-refractivity contribution < 1.29 is 0 Å². The quantitative estimate of drug-likeness (QED) is 0.355. The first-order valence-electron chi connectivity index (χ1n) is 9.59. The van der Waals surface area contributed by atoms with Crippen molar-refractivity contribution in [3.63, 3.8) is 0 Å². The fourth-order valence-corrected chi connectivity index (χ4v) is 2.58. The summed E-state index contributed by atoms with van der Waals surface area (Å²) in [6.07, 6.45) is 7.63. The van der Waals surface area contributed by atoms with E-state index in [9.17, 15) is 0 Å². The van der Waals surface area contributed by atoms with Crippen LogP contribution in [0.3, 0.4) is 0 Å². The number of unbranched alkanes of at least 4 members (excludes halogenated alkanes) is 5. The molecule has 0 aliphatic carbocycles. The Morgan fingerprint density at radius 1 is 0.750 bits per heavy atom. The number of rotatable bonds is 9. The Labute approximate surface area is 151 Å². The predicted molar refractivity (Wildman–Crippen MR) is 109 cm³/mol. The van der Waals surface area contributed by atoms with Crippen molar-refractivity contribution in [3.05, 3.63) is 0 Å². The molecular formula is C20H42N4. The molecule has 4 heteroatoms. The maximum absolute atomic E-state index is 4.60. The van der Waals surface area contributed by atoms with E-state index in [0.29, 0.717) is 0 Å². The molecule has 0 aliphatic heterocycles. The summed E-state index contributed by atoms with van der Waals surface area (Å²) in [5, 5.41) is 6.81. The number of hydrogen-bond acceptors (Lipinski definition) is 2. The highest BCUT2D eigenvalue weighted by molar-refractivity contribution is 5.80. The minimum atomic E-state index is 0.0142. The van der Waals surface area contributed by atoms with Gasteiger partial charge in [-0.3, -0.25) is 9.98 Å². The van der Waals surface area contributed by atoms with Gasteiger partial charge in [-0.2, -0.15) is 0 Å². The molecule has 0 aromatic heterocycles. The molecule has 0 aromatic carbocycles. The summed E-state index contributed by atoms with van der Waals surface area (Å²) >= 11 is 0. The monoisotopic (exact) mass is 338 g/mol. The van der Waals surface area contributed by atoms with Crippen LogP contribution in [-0.4, -0.2) is 35.8 Å². The summed E-state index contributed by atoms with van der Waals surface area (Å²) in [5.41, 5.74) is 0.123. The highest BCUT2D eigenvalue weighted by Gasteiger charge is 2.08. The van der Waals surface area contributed by atoms with Crippen LogP contribution in [-0.2, 0) is 0 Å². The van der Waals surface area contributed by atoms with Gasteiger partial charge in [0.15, 0.2) is 0 Å². The van der Waals surface area contributed by atoms with E-state index < -0.39 is 0 Å². The minimum Gasteiger partial charge on any atom is -0.374 e. The van der Waals surface area contributed by atoms with Crippen LogP contribution >= 0.6 is 0 Å². The summed E-state index contributed by atoms with van der Waals surface area (Å²) < 4.78 is 0. The Kier molecular flexibility index (Phi) is 11.0. The lowest BCUT2D eigenvalue weighted by molar-refractivity contribution is 0.508. The van der Waals surface area contributed by atoms with E-state index in [1.165, 1.54) is 38.5 Å². The Balaban J connectivity index is 3.53. The van der Waals surface area contributed by atoms with Crippen molar-refractivity contribution >= 4 is 11.7 Å². The van der Waals surface area contributed by atoms with Crippen molar-refractivity contribution in [3.8, 4) is 0 Å². The average Bonchev–Trinajstić information content (AvgIpc) is 2.36. The average molecular weight is 339 g/mol. The van der Waals surface area contributed by atoms with E-state index in [1.54, 1.807) is 0 Å². The number of hydrogen-bond donors (Lipinski definition) is 2. The van der Waals surface area contributed by atoms with Crippen molar-refractivity contribution in [1.29, 1.82) is 0 Å². The molecule has 0 bridgehead atoms. The molecule has 0 atom stereocenters. The Bertz CT molecular complexity index is 383. The van der Waals surface area contributed by atoms with E-state index in [0.717, 1.165) is 24.8 Å². The predicted octanol–water partition coefficient (Wildman–Crippen LogP) is 4.94. The first-order valence-corrected chi connectivity index (χ1v) is 9.59. The maximum Gasteiger partial charge on any atom is 0.0938 e. The molecular weight excluding hydrogens is 296 g/mol. The molecule has 0 unspecified atom stereocenters. The van der Waals surface area contributed by atoms with E-state index >= 15 is 0 Å². The molecule has 0 radical (unpaired) electrons. The fourth-order valence-electron chi connectivity index (χ4n) is 2.58. The van der Waals surface area contributed by atoms with Gasteiger partial charge in [-0.25, -0.2) is 0 Å². The number of nitrogens with one attached hydrogen (secondary N) is 2. The zero-order chi connectivity index (χ0) is 18.6. The molecule has 0 saturated carbocycles. The van der Waals surface area contributed by atoms with Gasteiger partial charge in [0.25, 0.3) is 0 Å². The smallest absolute Gasteiger partial charge is 0.0938 e. The van der Waals surface area contributed by atoms with Crippen LogP contribution in [0.4, 0.5) is 0 Å². The van der Waals surface area contributed by atoms with Gasteiger partial charge in [-0.15, -0.1) is 0 Å². The van der Waals surface area contributed by atoms with Gasteiger partial charge < -0.3 is 10.6 Å². The van der Waals surface area contributed by atoms with Crippen LogP contribution in [0.1, 0.15) is 93.9 Å². The molecule has 0 spiro atoms. The summed E-state index contributed by atoms with van der Waals surface area (Å²) in [6.45, 7) is 19.0. The van der Waals surface area contributed by atoms with Gasteiger partial charge in [0, 0.05) is 18.6 Å². The third kappa shape index (κ3) is 17.3. The molecule has 0 rings (SSSR count). The van der Waals surface area contributed by atoms with E-state index in [1.807, 2.05) is 0 Å². The first-order chi connectivity index (χ1) is 11.0. The van der Waals surface area contributed by atoms with Gasteiger partial charge in [-0.05, 0) is 68.2 Å². The van der Waals surface area contributed by atoms with Crippen molar-refractivity contribution in [2.75, 3.05) is 13.1 Å². The van der Waals surface area contributed by atoms with Crippen LogP contribution in [0.25, 0.3) is 0 Å². The summed E-state index contributed by atoms with van der Waals surface area (Å²) in [5.74, 6) is 2.11. The molecule has 0 aromatic rings. The maximum atomic E-state index is 4.60. The Hall–Kier alpha value is -1.06. The molecule has 24 heavy (non-hydrogen) atoms. The normalized spacial score (nSPS) is 14.0. The zero-order valence-corrected chi connectivity index (χ0v) is 17.6. The molecule has 142 valence electrons. The second-order valence-corrected chi connectivity index (χ2v) is 8.76. The van der Waals surface area contributed by atoms with Crippen LogP contribution in [0, 0.1) is 0 Å². The van der Waals surface area contributed by atoms with Crippen molar-refractivity contribution in [1.82, 2.24) is 10.6 Å². The Morgan fingerprint density at radius 3 is 1.83 bits per heavy atom. The van der Waals surface area contributed by atoms with Gasteiger partial charge in [0.1, 0.15) is 0 Å². The zero-order valence-electron chi connectivity index (χ0n) is 17.6. The van der Waals surface area contributed by atoms with Gasteiger partial charge in [0.2, 0.25) is 0 Å². The molecule has 0 amide bonds. The third-order valence-electron chi connectivity index (χ3n) is 3.37. The van der Waals surface area contributed by atoms with Crippen molar-refractivity contribution in [2.45, 2.75) is 105 Å². The lowest BCUT2D eigenvalue weighted by Gasteiger charge is -2.21. The van der Waals surface area contributed by atoms with Crippen LogP contribution in [0.5, 0.6) is 0 Å². The lowest BCUT2D eigenvalue weighted by Crippen LogP contribution is -2.39. The first kappa shape index (κ1) is 22.9. The van der Waals surface area contributed by atoms with Crippen molar-refractivity contribution in [2.24, 2.45) is 9.98 Å². The largest absolute Gasteiger partial charge is 0.374 e. The van der Waals surface area contributed by atoms with Gasteiger partial charge >= 0.3 is 0 Å². The van der Waals surface area contributed by atoms with E-state index in [4.69, 9.17) is 0 Å². The third-order valence-corrected chi connectivity index (χ3v) is 3.37. The lowest BCUT2D eigenvalue weighted by atomic mass is 10.1. The van der Waals surface area contributed by atoms with Crippen LogP contribution in [0.15, 0.2) is 9.98 Å². The van der Waals surface area contributed by atoms with E-state index in [-0.39, 0.29) is 11.1 Å². The summed E-state index contributed by atoms with van der Waals surface area (Å²) in [4.78, 5) is 9.19. The molecule has 0 aliphatic rings. The molecule has 2 N–H and O–H groups in total. The minimum absolute atomic E-state index is 0.0142.